The molecule has 122 valence electrons. The zero-order valence-corrected chi connectivity index (χ0v) is 14.4. The summed E-state index contributed by atoms with van der Waals surface area (Å²) in [6.45, 7) is 5.99. The summed E-state index contributed by atoms with van der Waals surface area (Å²) in [5.74, 6) is -0.343. The van der Waals surface area contributed by atoms with Crippen molar-refractivity contribution in [2.75, 3.05) is 7.11 Å². The van der Waals surface area contributed by atoms with E-state index in [1.54, 1.807) is 6.07 Å². The molecule has 0 spiro atoms. The van der Waals surface area contributed by atoms with Crippen molar-refractivity contribution in [3.05, 3.63) is 74.8 Å². The minimum Gasteiger partial charge on any atom is -0.465 e. The van der Waals surface area contributed by atoms with Gasteiger partial charge in [0, 0.05) is 17.6 Å². The second kappa shape index (κ2) is 6.08. The molecule has 0 N–H and O–H groups in total. The number of hydrogen-bond donors (Lipinski definition) is 0. The van der Waals surface area contributed by atoms with Gasteiger partial charge in [0.25, 0.3) is 0 Å². The Kier molecular flexibility index (Phi) is 4.10. The Labute approximate surface area is 142 Å². The predicted octanol–water partition coefficient (Wildman–Crippen LogP) is 4.22. The van der Waals surface area contributed by atoms with Gasteiger partial charge in [0.05, 0.1) is 12.7 Å². The van der Waals surface area contributed by atoms with E-state index in [9.17, 15) is 9.59 Å². The number of rotatable bonds is 2. The maximum atomic E-state index is 12.7. The first-order valence-corrected chi connectivity index (χ1v) is 7.95. The lowest BCUT2D eigenvalue weighted by Crippen LogP contribution is -2.05. The SMILES string of the molecule is COC(=O)c1cc(C)ccc1/C=C1/Cc2cc(C)c(C)cc2C1=O. The Morgan fingerprint density at radius 3 is 2.50 bits per heavy atom. The van der Waals surface area contributed by atoms with Gasteiger partial charge in [-0.15, -0.1) is 0 Å². The van der Waals surface area contributed by atoms with Crippen LogP contribution in [0.1, 0.15) is 48.5 Å². The fraction of sp³-hybridized carbons (Fsp3) is 0.238. The Bertz CT molecular complexity index is 888. The monoisotopic (exact) mass is 320 g/mol. The summed E-state index contributed by atoms with van der Waals surface area (Å²) in [5, 5.41) is 0. The summed E-state index contributed by atoms with van der Waals surface area (Å²) in [7, 11) is 1.36. The van der Waals surface area contributed by atoms with E-state index in [1.165, 1.54) is 12.7 Å². The van der Waals surface area contributed by atoms with E-state index in [0.29, 0.717) is 17.6 Å². The van der Waals surface area contributed by atoms with Crippen molar-refractivity contribution in [2.24, 2.45) is 0 Å². The zero-order chi connectivity index (χ0) is 17.4. The molecular weight excluding hydrogens is 300 g/mol. The summed E-state index contributed by atoms with van der Waals surface area (Å²) in [6, 6.07) is 9.63. The van der Waals surface area contributed by atoms with Gasteiger partial charge in [0.1, 0.15) is 0 Å². The summed E-state index contributed by atoms with van der Waals surface area (Å²) < 4.78 is 4.86. The maximum Gasteiger partial charge on any atom is 0.338 e. The van der Waals surface area contributed by atoms with Crippen LogP contribution in [0.5, 0.6) is 0 Å². The molecule has 0 bridgehead atoms. The van der Waals surface area contributed by atoms with Gasteiger partial charge in [-0.1, -0.05) is 23.8 Å². The van der Waals surface area contributed by atoms with Crippen LogP contribution < -0.4 is 0 Å². The molecular formula is C21H20O3. The first kappa shape index (κ1) is 16.2. The van der Waals surface area contributed by atoms with E-state index in [2.05, 4.69) is 13.0 Å². The van der Waals surface area contributed by atoms with E-state index in [0.717, 1.165) is 27.8 Å². The third-order valence-electron chi connectivity index (χ3n) is 4.58. The number of methoxy groups -OCH3 is 1. The highest BCUT2D eigenvalue weighted by Gasteiger charge is 2.26. The summed E-state index contributed by atoms with van der Waals surface area (Å²) in [6.07, 6.45) is 2.42. The lowest BCUT2D eigenvalue weighted by atomic mass is 10.0. The summed E-state index contributed by atoms with van der Waals surface area (Å²) in [4.78, 5) is 24.7. The molecule has 0 amide bonds. The van der Waals surface area contributed by atoms with Crippen molar-refractivity contribution in [3.8, 4) is 0 Å². The van der Waals surface area contributed by atoms with Crippen LogP contribution in [0.2, 0.25) is 0 Å². The zero-order valence-electron chi connectivity index (χ0n) is 14.4. The molecule has 2 aromatic rings. The maximum absolute atomic E-state index is 12.7. The van der Waals surface area contributed by atoms with Gasteiger partial charge < -0.3 is 4.74 Å². The first-order valence-electron chi connectivity index (χ1n) is 7.95. The molecule has 1 aliphatic carbocycles. The van der Waals surface area contributed by atoms with Crippen molar-refractivity contribution < 1.29 is 14.3 Å². The Morgan fingerprint density at radius 1 is 1.08 bits per heavy atom. The number of esters is 1. The lowest BCUT2D eigenvalue weighted by molar-refractivity contribution is 0.0600. The third kappa shape index (κ3) is 2.78. The van der Waals surface area contributed by atoms with Crippen LogP contribution in [0.25, 0.3) is 6.08 Å². The number of ketones is 1. The highest BCUT2D eigenvalue weighted by Crippen LogP contribution is 2.30. The van der Waals surface area contributed by atoms with Gasteiger partial charge >= 0.3 is 5.97 Å². The van der Waals surface area contributed by atoms with Crippen molar-refractivity contribution in [1.82, 2.24) is 0 Å². The van der Waals surface area contributed by atoms with Crippen LogP contribution >= 0.6 is 0 Å². The fourth-order valence-corrected chi connectivity index (χ4v) is 3.08. The number of allylic oxidation sites excluding steroid dienone is 1. The first-order chi connectivity index (χ1) is 11.4. The molecule has 2 aromatic carbocycles. The number of carbonyl (C=O) groups is 2. The van der Waals surface area contributed by atoms with Gasteiger partial charge in [0.2, 0.25) is 0 Å². The van der Waals surface area contributed by atoms with Gasteiger partial charge in [-0.2, -0.15) is 0 Å². The number of aryl methyl sites for hydroxylation is 3. The van der Waals surface area contributed by atoms with Crippen LogP contribution in [0, 0.1) is 20.8 Å². The second-order valence-corrected chi connectivity index (χ2v) is 6.35. The molecule has 0 unspecified atom stereocenters. The van der Waals surface area contributed by atoms with E-state index in [4.69, 9.17) is 4.74 Å². The van der Waals surface area contributed by atoms with Crippen molar-refractivity contribution in [1.29, 1.82) is 0 Å². The summed E-state index contributed by atoms with van der Waals surface area (Å²) >= 11 is 0. The minimum atomic E-state index is -0.389. The fourth-order valence-electron chi connectivity index (χ4n) is 3.08. The van der Waals surface area contributed by atoms with Crippen LogP contribution in [0.4, 0.5) is 0 Å². The number of fused-ring (bicyclic) bond motifs is 1. The van der Waals surface area contributed by atoms with Crippen LogP contribution in [-0.4, -0.2) is 18.9 Å². The van der Waals surface area contributed by atoms with Crippen LogP contribution in [0.3, 0.4) is 0 Å². The normalized spacial score (nSPS) is 14.8. The molecule has 24 heavy (non-hydrogen) atoms. The largest absolute Gasteiger partial charge is 0.465 e. The van der Waals surface area contributed by atoms with E-state index in [-0.39, 0.29) is 11.8 Å². The molecule has 0 fully saturated rings. The molecule has 0 aromatic heterocycles. The molecule has 3 heteroatoms. The molecule has 0 radical (unpaired) electrons. The van der Waals surface area contributed by atoms with E-state index >= 15 is 0 Å². The minimum absolute atomic E-state index is 0.0458. The molecule has 0 heterocycles. The highest BCUT2D eigenvalue weighted by molar-refractivity contribution is 6.16. The number of hydrogen-bond acceptors (Lipinski definition) is 3. The average molecular weight is 320 g/mol. The average Bonchev–Trinajstić information content (AvgIpc) is 2.84. The van der Waals surface area contributed by atoms with E-state index in [1.807, 2.05) is 38.1 Å². The van der Waals surface area contributed by atoms with Crippen molar-refractivity contribution in [2.45, 2.75) is 27.2 Å². The molecule has 3 nitrogen and oxygen atoms in total. The molecule has 0 saturated carbocycles. The molecule has 0 atom stereocenters. The van der Waals surface area contributed by atoms with Gasteiger partial charge in [0.15, 0.2) is 5.78 Å². The number of ether oxygens (including phenoxy) is 1. The Hall–Kier alpha value is -2.68. The third-order valence-corrected chi connectivity index (χ3v) is 4.58. The van der Waals surface area contributed by atoms with Crippen molar-refractivity contribution >= 4 is 17.8 Å². The van der Waals surface area contributed by atoms with Gasteiger partial charge in [-0.3, -0.25) is 4.79 Å². The molecule has 1 aliphatic rings. The standard InChI is InChI=1S/C21H20O3/c1-12-5-6-15(19(7-12)21(23)24-4)10-17-11-16-8-13(2)14(3)9-18(16)20(17)22/h5-10H,11H2,1-4H3/b17-10-. The highest BCUT2D eigenvalue weighted by atomic mass is 16.5. The van der Waals surface area contributed by atoms with Gasteiger partial charge in [-0.05, 0) is 61.2 Å². The summed E-state index contributed by atoms with van der Waals surface area (Å²) in [5.41, 5.74) is 7.03. The molecule has 0 saturated heterocycles. The van der Waals surface area contributed by atoms with Gasteiger partial charge in [-0.25, -0.2) is 4.79 Å². The second-order valence-electron chi connectivity index (χ2n) is 6.35. The number of benzene rings is 2. The quantitative estimate of drug-likeness (QED) is 0.614. The number of carbonyl (C=O) groups excluding carboxylic acids is 2. The Morgan fingerprint density at radius 2 is 1.79 bits per heavy atom. The van der Waals surface area contributed by atoms with E-state index < -0.39 is 0 Å². The predicted molar refractivity (Wildman–Crippen MR) is 94.4 cm³/mol. The number of Topliss-reactive ketones (excluding diaryl/α,β-unsaturated/α-hetero) is 1. The Balaban J connectivity index is 2.05. The lowest BCUT2D eigenvalue weighted by Gasteiger charge is -2.06. The molecule has 0 aliphatic heterocycles. The topological polar surface area (TPSA) is 43.4 Å². The van der Waals surface area contributed by atoms with Crippen LogP contribution in [0.15, 0.2) is 35.9 Å². The smallest absolute Gasteiger partial charge is 0.338 e. The van der Waals surface area contributed by atoms with Crippen LogP contribution in [-0.2, 0) is 11.2 Å². The van der Waals surface area contributed by atoms with Crippen molar-refractivity contribution in [3.63, 3.8) is 0 Å². The molecule has 3 rings (SSSR count).